The van der Waals surface area contributed by atoms with Crippen molar-refractivity contribution in [2.45, 2.75) is 66.0 Å². The van der Waals surface area contributed by atoms with E-state index < -0.39 is 5.60 Å². The van der Waals surface area contributed by atoms with Crippen molar-refractivity contribution in [3.8, 4) is 0 Å². The number of alkyl carbamates (subject to hydrolysis) is 1. The summed E-state index contributed by atoms with van der Waals surface area (Å²) in [5, 5.41) is 7.40. The molecule has 2 aromatic carbocycles. The number of alkyl halides is 1. The number of nitrogens with zero attached hydrogens (tertiary/aromatic N) is 2. The second-order valence-electron chi connectivity index (χ2n) is 8.60. The van der Waals surface area contributed by atoms with E-state index in [-0.39, 0.29) is 12.1 Å². The highest BCUT2D eigenvalue weighted by atomic mass is 35.5. The number of benzene rings is 2. The molecule has 0 saturated heterocycles. The maximum absolute atomic E-state index is 12.1. The van der Waals surface area contributed by atoms with Gasteiger partial charge in [-0.2, -0.15) is 0 Å². The van der Waals surface area contributed by atoms with E-state index in [0.29, 0.717) is 0 Å². The number of nitrogens with one attached hydrogen (secondary N) is 2. The van der Waals surface area contributed by atoms with Crippen molar-refractivity contribution in [3.05, 3.63) is 59.4 Å². The normalized spacial score (nSPS) is 14.2. The molecule has 1 aliphatic carbocycles. The van der Waals surface area contributed by atoms with Crippen LogP contribution in [-0.4, -0.2) is 34.1 Å². The van der Waals surface area contributed by atoms with Crippen LogP contribution in [0.15, 0.2) is 42.7 Å². The van der Waals surface area contributed by atoms with Crippen molar-refractivity contribution < 1.29 is 9.53 Å². The predicted octanol–water partition coefficient (Wildman–Crippen LogP) is 6.55. The molecular weight excluding hydrogens is 436 g/mol. The van der Waals surface area contributed by atoms with Crippen LogP contribution in [0, 0.1) is 6.92 Å². The second kappa shape index (κ2) is 11.8. The number of anilines is 2. The van der Waals surface area contributed by atoms with Crippen LogP contribution in [-0.2, 0) is 17.6 Å². The number of carbonyl (C=O) groups is 1. The van der Waals surface area contributed by atoms with Crippen LogP contribution in [0.5, 0.6) is 0 Å². The molecule has 1 unspecified atom stereocenters. The van der Waals surface area contributed by atoms with Crippen LogP contribution in [0.2, 0.25) is 0 Å². The molecule has 6 nitrogen and oxygen atoms in total. The van der Waals surface area contributed by atoms with Crippen molar-refractivity contribution in [1.29, 1.82) is 0 Å². The topological polar surface area (TPSA) is 76.1 Å². The first-order chi connectivity index (χ1) is 15.8. The van der Waals surface area contributed by atoms with Crippen LogP contribution in [0.4, 0.5) is 16.3 Å². The minimum atomic E-state index is -0.495. The lowest BCUT2D eigenvalue weighted by molar-refractivity contribution is 0.0506. The summed E-state index contributed by atoms with van der Waals surface area (Å²) in [6.07, 6.45) is 4.28. The number of ether oxygens (including phenoxy) is 1. The van der Waals surface area contributed by atoms with Crippen molar-refractivity contribution in [1.82, 2.24) is 15.3 Å². The van der Waals surface area contributed by atoms with Gasteiger partial charge in [-0.3, -0.25) is 0 Å². The van der Waals surface area contributed by atoms with Gasteiger partial charge in [-0.05, 0) is 75.9 Å². The number of halogens is 1. The van der Waals surface area contributed by atoms with Crippen molar-refractivity contribution >= 4 is 40.1 Å². The maximum Gasteiger partial charge on any atom is 0.407 e. The Morgan fingerprint density at radius 3 is 2.42 bits per heavy atom. The average molecular weight is 471 g/mol. The van der Waals surface area contributed by atoms with Gasteiger partial charge in [-0.25, -0.2) is 14.8 Å². The summed E-state index contributed by atoms with van der Waals surface area (Å²) in [4.78, 5) is 20.8. The summed E-state index contributed by atoms with van der Waals surface area (Å²) in [5.74, 6) is 0.792. The maximum atomic E-state index is 12.1. The Labute approximate surface area is 202 Å². The van der Waals surface area contributed by atoms with Crippen molar-refractivity contribution in [2.75, 3.05) is 11.7 Å². The van der Waals surface area contributed by atoms with E-state index in [2.05, 4.69) is 63.4 Å². The molecule has 3 aromatic rings. The third-order valence-electron chi connectivity index (χ3n) is 4.91. The van der Waals surface area contributed by atoms with E-state index in [4.69, 9.17) is 4.74 Å². The van der Waals surface area contributed by atoms with Crippen LogP contribution < -0.4 is 10.6 Å². The fourth-order valence-corrected chi connectivity index (χ4v) is 3.68. The Morgan fingerprint density at radius 2 is 1.73 bits per heavy atom. The van der Waals surface area contributed by atoms with Crippen LogP contribution in [0.25, 0.3) is 10.9 Å². The van der Waals surface area contributed by atoms with Gasteiger partial charge in [-0.1, -0.05) is 31.5 Å². The molecule has 2 N–H and O–H groups in total. The molecule has 0 bridgehead atoms. The lowest BCUT2D eigenvalue weighted by Crippen LogP contribution is -2.39. The zero-order chi connectivity index (χ0) is 24.6. The van der Waals surface area contributed by atoms with E-state index in [1.807, 2.05) is 46.8 Å². The number of fused-ring (bicyclic) bond motifs is 2. The molecule has 1 heterocycles. The Bertz CT molecular complexity index is 1080. The Balaban J connectivity index is 0.000000914. The van der Waals surface area contributed by atoms with E-state index >= 15 is 0 Å². The van der Waals surface area contributed by atoms with Gasteiger partial charge in [0, 0.05) is 23.5 Å². The summed E-state index contributed by atoms with van der Waals surface area (Å²) in [6, 6.07) is 12.5. The van der Waals surface area contributed by atoms with Gasteiger partial charge in [0.15, 0.2) is 0 Å². The standard InChI is InChI=1S/C23H26N4O2.C2H6.CH3Cl/c1-14-5-8-20-19(9-14)21(25-13-24-20)26-17-7-6-15-10-18(12-16(15)11-17)27-22(28)29-23(2,3)4;2*1-2/h5-9,11,13,18H,10,12H2,1-4H3,(H,27,28)(H,24,25,26);1-2H3;1H3. The Kier molecular flexibility index (Phi) is 9.47. The summed E-state index contributed by atoms with van der Waals surface area (Å²) >= 11 is 4.64. The van der Waals surface area contributed by atoms with Gasteiger partial charge in [0.2, 0.25) is 0 Å². The molecule has 178 valence electrons. The molecule has 0 radical (unpaired) electrons. The summed E-state index contributed by atoms with van der Waals surface area (Å²) in [7, 11) is 0. The lowest BCUT2D eigenvalue weighted by Gasteiger charge is -2.21. The molecule has 1 amide bonds. The van der Waals surface area contributed by atoms with E-state index in [0.717, 1.165) is 35.2 Å². The zero-order valence-electron chi connectivity index (χ0n) is 20.6. The Hall–Kier alpha value is -2.86. The summed E-state index contributed by atoms with van der Waals surface area (Å²) in [5.41, 5.74) is 5.04. The molecule has 0 spiro atoms. The monoisotopic (exact) mass is 470 g/mol. The van der Waals surface area contributed by atoms with Gasteiger partial charge >= 0.3 is 6.09 Å². The quantitative estimate of drug-likeness (QED) is 0.424. The van der Waals surface area contributed by atoms with Crippen LogP contribution in [0.1, 0.15) is 51.3 Å². The fraction of sp³-hybridized carbons (Fsp3) is 0.423. The molecule has 1 aliphatic rings. The smallest absolute Gasteiger partial charge is 0.407 e. The highest BCUT2D eigenvalue weighted by molar-refractivity contribution is 6.15. The van der Waals surface area contributed by atoms with Crippen molar-refractivity contribution in [2.24, 2.45) is 0 Å². The van der Waals surface area contributed by atoms with Gasteiger partial charge < -0.3 is 15.4 Å². The first kappa shape index (κ1) is 26.4. The molecule has 33 heavy (non-hydrogen) atoms. The number of carbonyl (C=O) groups excluding carboxylic acids is 1. The lowest BCUT2D eigenvalue weighted by atomic mass is 10.1. The molecule has 4 rings (SSSR count). The number of aromatic nitrogens is 2. The molecule has 0 fully saturated rings. The SMILES string of the molecule is CC.CCl.Cc1ccc2ncnc(Nc3ccc4c(c3)CC(NC(=O)OC(C)(C)C)C4)c2c1. The minimum Gasteiger partial charge on any atom is -0.444 e. The van der Waals surface area contributed by atoms with Gasteiger partial charge in [0.1, 0.15) is 17.7 Å². The minimum absolute atomic E-state index is 0.0534. The van der Waals surface area contributed by atoms with Gasteiger partial charge in [-0.15, -0.1) is 11.6 Å². The molecule has 1 atom stereocenters. The molecule has 0 aliphatic heterocycles. The number of hydrogen-bond donors (Lipinski definition) is 2. The molecule has 7 heteroatoms. The summed E-state index contributed by atoms with van der Waals surface area (Å²) < 4.78 is 5.38. The third kappa shape index (κ3) is 7.32. The largest absolute Gasteiger partial charge is 0.444 e. The van der Waals surface area contributed by atoms with E-state index in [9.17, 15) is 4.79 Å². The predicted molar refractivity (Wildman–Crippen MR) is 138 cm³/mol. The fourth-order valence-electron chi connectivity index (χ4n) is 3.68. The Morgan fingerprint density at radius 1 is 1.03 bits per heavy atom. The van der Waals surface area contributed by atoms with E-state index in [1.165, 1.54) is 23.1 Å². The van der Waals surface area contributed by atoms with Crippen LogP contribution in [0.3, 0.4) is 0 Å². The average Bonchev–Trinajstić information content (AvgIpc) is 3.17. The molecule has 1 aromatic heterocycles. The zero-order valence-corrected chi connectivity index (χ0v) is 21.4. The number of aryl methyl sites for hydroxylation is 1. The second-order valence-corrected chi connectivity index (χ2v) is 8.60. The van der Waals surface area contributed by atoms with Gasteiger partial charge in [0.05, 0.1) is 5.52 Å². The molecular formula is C26H35ClN4O2. The first-order valence-electron chi connectivity index (χ1n) is 11.2. The van der Waals surface area contributed by atoms with Gasteiger partial charge in [0.25, 0.3) is 0 Å². The number of rotatable bonds is 3. The van der Waals surface area contributed by atoms with Crippen molar-refractivity contribution in [3.63, 3.8) is 0 Å². The third-order valence-corrected chi connectivity index (χ3v) is 4.91. The highest BCUT2D eigenvalue weighted by Gasteiger charge is 2.25. The molecule has 0 saturated carbocycles. The number of amides is 1. The van der Waals surface area contributed by atoms with E-state index in [1.54, 1.807) is 6.33 Å². The highest BCUT2D eigenvalue weighted by Crippen LogP contribution is 2.29. The first-order valence-corrected chi connectivity index (χ1v) is 12.0. The number of hydrogen-bond acceptors (Lipinski definition) is 5. The summed E-state index contributed by atoms with van der Waals surface area (Å²) in [6.45, 7) is 11.7. The van der Waals surface area contributed by atoms with Crippen LogP contribution >= 0.6 is 11.6 Å².